The Morgan fingerprint density at radius 3 is 2.60 bits per heavy atom. The van der Waals surface area contributed by atoms with Crippen molar-refractivity contribution in [2.45, 2.75) is 65.8 Å². The van der Waals surface area contributed by atoms with Gasteiger partial charge in [-0.15, -0.1) is 0 Å². The van der Waals surface area contributed by atoms with E-state index in [4.69, 9.17) is 31.6 Å². The van der Waals surface area contributed by atoms with Crippen LogP contribution in [0.5, 0.6) is 11.6 Å². The molecule has 2 aromatic carbocycles. The summed E-state index contributed by atoms with van der Waals surface area (Å²) in [7, 11) is 0. The third-order valence-corrected chi connectivity index (χ3v) is 7.74. The van der Waals surface area contributed by atoms with Gasteiger partial charge in [-0.3, -0.25) is 4.79 Å². The molecule has 1 heterocycles. The molecular formula is C26H28Cl2N2O4S. The average molecular weight is 535 g/mol. The summed E-state index contributed by atoms with van der Waals surface area (Å²) in [6.45, 7) is 10.8. The second kappa shape index (κ2) is 9.96. The van der Waals surface area contributed by atoms with Crippen LogP contribution in [-0.2, 0) is 29.7 Å². The smallest absolute Gasteiger partial charge is 0.369 e. The SMILES string of the molecule is CCn1ncc(C(=O)c2cc(C)c3c(c2C)C(C)(C)CCC3)c1OS(=O)Oc1ccc(Cl)cc1Cl. The number of nitrogens with zero attached hydrogens (tertiary/aromatic N) is 2. The summed E-state index contributed by atoms with van der Waals surface area (Å²) in [5.74, 6) is -0.00539. The molecule has 186 valence electrons. The molecule has 3 aromatic rings. The van der Waals surface area contributed by atoms with Gasteiger partial charge in [0, 0.05) is 17.1 Å². The van der Waals surface area contributed by atoms with Crippen molar-refractivity contribution in [1.29, 1.82) is 0 Å². The maximum Gasteiger partial charge on any atom is 0.419 e. The molecule has 1 unspecified atom stereocenters. The zero-order valence-electron chi connectivity index (χ0n) is 20.4. The Morgan fingerprint density at radius 1 is 1.17 bits per heavy atom. The maximum atomic E-state index is 13.8. The fourth-order valence-corrected chi connectivity index (χ4v) is 6.09. The van der Waals surface area contributed by atoms with Crippen LogP contribution >= 0.6 is 23.2 Å². The van der Waals surface area contributed by atoms with Crippen LogP contribution in [0, 0.1) is 13.8 Å². The Balaban J connectivity index is 1.69. The molecule has 1 aliphatic rings. The van der Waals surface area contributed by atoms with E-state index in [2.05, 4.69) is 25.9 Å². The lowest BCUT2D eigenvalue weighted by Gasteiger charge is -2.36. The highest BCUT2D eigenvalue weighted by Gasteiger charge is 2.33. The van der Waals surface area contributed by atoms with Gasteiger partial charge in [-0.1, -0.05) is 37.0 Å². The molecule has 1 atom stereocenters. The van der Waals surface area contributed by atoms with E-state index in [1.54, 1.807) is 6.07 Å². The fourth-order valence-electron chi connectivity index (χ4n) is 4.96. The number of aryl methyl sites for hydroxylation is 2. The lowest BCUT2D eigenvalue weighted by atomic mass is 9.68. The molecule has 6 nitrogen and oxygen atoms in total. The second-order valence-electron chi connectivity index (χ2n) is 9.41. The first-order chi connectivity index (χ1) is 16.5. The molecule has 0 N–H and O–H groups in total. The van der Waals surface area contributed by atoms with E-state index >= 15 is 0 Å². The number of rotatable bonds is 7. The number of halogens is 2. The van der Waals surface area contributed by atoms with Crippen LogP contribution < -0.4 is 8.37 Å². The van der Waals surface area contributed by atoms with Gasteiger partial charge >= 0.3 is 11.4 Å². The summed E-state index contributed by atoms with van der Waals surface area (Å²) in [5, 5.41) is 4.89. The van der Waals surface area contributed by atoms with Crippen molar-refractivity contribution in [3.63, 3.8) is 0 Å². The van der Waals surface area contributed by atoms with Crippen LogP contribution in [0.2, 0.25) is 10.0 Å². The van der Waals surface area contributed by atoms with Gasteiger partial charge in [-0.2, -0.15) is 9.31 Å². The zero-order chi connectivity index (χ0) is 25.5. The third kappa shape index (κ3) is 4.99. The van der Waals surface area contributed by atoms with Crippen molar-refractivity contribution in [2.75, 3.05) is 0 Å². The van der Waals surface area contributed by atoms with E-state index in [1.165, 1.54) is 34.1 Å². The zero-order valence-corrected chi connectivity index (χ0v) is 22.7. The summed E-state index contributed by atoms with van der Waals surface area (Å²) in [6, 6.07) is 6.49. The molecule has 0 bridgehead atoms. The molecule has 0 radical (unpaired) electrons. The number of carbonyl (C=O) groups is 1. The fraction of sp³-hybridized carbons (Fsp3) is 0.385. The Morgan fingerprint density at radius 2 is 1.91 bits per heavy atom. The molecule has 0 aliphatic heterocycles. The first kappa shape index (κ1) is 25.7. The molecule has 0 fully saturated rings. The van der Waals surface area contributed by atoms with Gasteiger partial charge in [0.25, 0.3) is 0 Å². The lowest BCUT2D eigenvalue weighted by molar-refractivity contribution is 0.103. The minimum atomic E-state index is -2.28. The summed E-state index contributed by atoms with van der Waals surface area (Å²) in [4.78, 5) is 13.8. The average Bonchev–Trinajstić information content (AvgIpc) is 3.19. The van der Waals surface area contributed by atoms with Crippen molar-refractivity contribution >= 4 is 40.3 Å². The standard InChI is InChI=1S/C26H28Cl2N2O4S/c1-6-30-25(34-35(32)33-22-10-9-17(27)13-21(22)28)20(14-29-30)24(31)19-12-15(2)18-8-7-11-26(4,5)23(18)16(19)3/h9-10,12-14H,6-8,11H2,1-5H3. The number of carbonyl (C=O) groups excluding carboxylic acids is 1. The van der Waals surface area contributed by atoms with Gasteiger partial charge in [0.15, 0.2) is 11.5 Å². The number of hydrogen-bond acceptors (Lipinski definition) is 5. The van der Waals surface area contributed by atoms with Crippen LogP contribution in [0.25, 0.3) is 0 Å². The van der Waals surface area contributed by atoms with Crippen LogP contribution in [0.4, 0.5) is 0 Å². The van der Waals surface area contributed by atoms with Gasteiger partial charge < -0.3 is 8.37 Å². The van der Waals surface area contributed by atoms with Crippen LogP contribution in [0.3, 0.4) is 0 Å². The molecule has 35 heavy (non-hydrogen) atoms. The van der Waals surface area contributed by atoms with E-state index in [9.17, 15) is 9.00 Å². The minimum Gasteiger partial charge on any atom is -0.369 e. The molecule has 1 aliphatic carbocycles. The quantitative estimate of drug-likeness (QED) is 0.315. The molecule has 0 spiro atoms. The summed E-state index contributed by atoms with van der Waals surface area (Å²) in [5.41, 5.74) is 5.48. The van der Waals surface area contributed by atoms with Crippen molar-refractivity contribution in [1.82, 2.24) is 9.78 Å². The van der Waals surface area contributed by atoms with Gasteiger partial charge in [0.2, 0.25) is 5.88 Å². The number of aromatic nitrogens is 2. The van der Waals surface area contributed by atoms with Gasteiger partial charge in [0.1, 0.15) is 5.56 Å². The molecule has 9 heteroatoms. The molecule has 0 amide bonds. The van der Waals surface area contributed by atoms with E-state index in [0.29, 0.717) is 17.1 Å². The number of benzene rings is 2. The lowest BCUT2D eigenvalue weighted by Crippen LogP contribution is -2.27. The highest BCUT2D eigenvalue weighted by Crippen LogP contribution is 2.42. The van der Waals surface area contributed by atoms with Crippen LogP contribution in [-0.4, -0.2) is 19.8 Å². The maximum absolute atomic E-state index is 13.8. The van der Waals surface area contributed by atoms with E-state index in [1.807, 2.05) is 19.9 Å². The molecule has 0 saturated heterocycles. The Kier molecular flexibility index (Phi) is 7.32. The largest absolute Gasteiger partial charge is 0.419 e. The van der Waals surface area contributed by atoms with Crippen molar-refractivity contribution in [3.05, 3.63) is 73.9 Å². The third-order valence-electron chi connectivity index (χ3n) is 6.60. The molecule has 0 saturated carbocycles. The summed E-state index contributed by atoms with van der Waals surface area (Å²) >= 11 is 9.75. The number of hydrogen-bond donors (Lipinski definition) is 0. The van der Waals surface area contributed by atoms with Crippen LogP contribution in [0.1, 0.15) is 71.8 Å². The molecule has 4 rings (SSSR count). The Bertz CT molecular complexity index is 1330. The van der Waals surface area contributed by atoms with Gasteiger partial charge in [-0.05, 0) is 92.0 Å². The highest BCUT2D eigenvalue weighted by molar-refractivity contribution is 7.76. The Hall–Kier alpha value is -2.35. The molecular weight excluding hydrogens is 507 g/mol. The monoisotopic (exact) mass is 534 g/mol. The van der Waals surface area contributed by atoms with Gasteiger partial charge in [-0.25, -0.2) is 4.68 Å². The predicted octanol–water partition coefficient (Wildman–Crippen LogP) is 6.71. The normalized spacial score (nSPS) is 15.4. The number of ketones is 1. The predicted molar refractivity (Wildman–Crippen MR) is 139 cm³/mol. The minimum absolute atomic E-state index is 0.0150. The van der Waals surface area contributed by atoms with E-state index < -0.39 is 11.4 Å². The Labute approximate surface area is 218 Å². The van der Waals surface area contributed by atoms with Crippen molar-refractivity contribution in [2.24, 2.45) is 0 Å². The van der Waals surface area contributed by atoms with E-state index in [0.717, 1.165) is 30.4 Å². The highest BCUT2D eigenvalue weighted by atomic mass is 35.5. The van der Waals surface area contributed by atoms with Crippen molar-refractivity contribution < 1.29 is 17.4 Å². The van der Waals surface area contributed by atoms with Crippen LogP contribution in [0.15, 0.2) is 30.5 Å². The first-order valence-electron chi connectivity index (χ1n) is 11.5. The topological polar surface area (TPSA) is 70.4 Å². The summed E-state index contributed by atoms with van der Waals surface area (Å²) < 4.78 is 25.2. The van der Waals surface area contributed by atoms with Crippen molar-refractivity contribution in [3.8, 4) is 11.6 Å². The second-order valence-corrected chi connectivity index (χ2v) is 11.0. The van der Waals surface area contributed by atoms with E-state index in [-0.39, 0.29) is 33.4 Å². The first-order valence-corrected chi connectivity index (χ1v) is 13.3. The number of fused-ring (bicyclic) bond motifs is 1. The van der Waals surface area contributed by atoms with Gasteiger partial charge in [0.05, 0.1) is 11.2 Å². The summed E-state index contributed by atoms with van der Waals surface area (Å²) in [6.07, 6.45) is 4.68. The molecule has 1 aromatic heterocycles.